The molecule has 7 heteroatoms. The molecule has 0 bridgehead atoms. The van der Waals surface area contributed by atoms with Crippen LogP contribution in [0.1, 0.15) is 41.2 Å². The maximum absolute atomic E-state index is 11.5. The zero-order chi connectivity index (χ0) is 24.7. The van der Waals surface area contributed by atoms with Crippen LogP contribution in [0.25, 0.3) is 11.1 Å². The Morgan fingerprint density at radius 2 is 1.76 bits per heavy atom. The zero-order valence-corrected chi connectivity index (χ0v) is 20.0. The first-order valence-electron chi connectivity index (χ1n) is 11.3. The number of aryl methyl sites for hydroxylation is 2. The maximum atomic E-state index is 11.5. The van der Waals surface area contributed by atoms with E-state index in [1.807, 2.05) is 64.1 Å². The molecule has 0 saturated heterocycles. The first-order valence-corrected chi connectivity index (χ1v) is 11.3. The molecule has 3 aromatic rings. The van der Waals surface area contributed by atoms with Crippen molar-refractivity contribution in [2.45, 2.75) is 46.4 Å². The van der Waals surface area contributed by atoms with Gasteiger partial charge in [-0.25, -0.2) is 4.79 Å². The van der Waals surface area contributed by atoms with Crippen molar-refractivity contribution in [3.05, 3.63) is 77.1 Å². The number of aliphatic hydroxyl groups excluding tert-OH is 1. The minimum Gasteiger partial charge on any atom is -0.485 e. The molecule has 0 fully saturated rings. The predicted molar refractivity (Wildman–Crippen MR) is 132 cm³/mol. The lowest BCUT2D eigenvalue weighted by Gasteiger charge is -2.18. The zero-order valence-electron chi connectivity index (χ0n) is 20.0. The summed E-state index contributed by atoms with van der Waals surface area (Å²) < 4.78 is 12.0. The molecule has 1 unspecified atom stereocenters. The van der Waals surface area contributed by atoms with E-state index >= 15 is 0 Å². The second kappa shape index (κ2) is 11.6. The molecule has 34 heavy (non-hydrogen) atoms. The third kappa shape index (κ3) is 6.79. The molecule has 3 N–H and O–H groups in total. The van der Waals surface area contributed by atoms with Gasteiger partial charge in [0.2, 0.25) is 0 Å². The molecule has 0 aliphatic rings. The van der Waals surface area contributed by atoms with Crippen molar-refractivity contribution in [3.63, 3.8) is 0 Å². The lowest BCUT2D eigenvalue weighted by atomic mass is 9.99. The van der Waals surface area contributed by atoms with E-state index in [0.29, 0.717) is 35.9 Å². The van der Waals surface area contributed by atoms with E-state index in [4.69, 9.17) is 9.47 Å². The first kappa shape index (κ1) is 25.2. The highest BCUT2D eigenvalue weighted by Gasteiger charge is 2.15. The summed E-state index contributed by atoms with van der Waals surface area (Å²) in [6, 6.07) is 16.6. The number of carboxylic acid groups (broad SMARTS) is 1. The van der Waals surface area contributed by atoms with Crippen molar-refractivity contribution in [2.24, 2.45) is 0 Å². The molecular formula is C27H32N2O5. The summed E-state index contributed by atoms with van der Waals surface area (Å²) in [4.78, 5) is 16.0. The Bertz CT molecular complexity index is 1110. The quantitative estimate of drug-likeness (QED) is 0.387. The van der Waals surface area contributed by atoms with E-state index in [0.717, 1.165) is 16.8 Å². The van der Waals surface area contributed by atoms with Crippen LogP contribution in [-0.4, -0.2) is 46.5 Å². The lowest BCUT2D eigenvalue weighted by molar-refractivity contribution is 0.0697. The molecule has 0 aliphatic heterocycles. The summed E-state index contributed by atoms with van der Waals surface area (Å²) in [6.07, 6.45) is -0.655. The Kier molecular flexibility index (Phi) is 8.62. The average molecular weight is 465 g/mol. The molecule has 180 valence electrons. The molecule has 7 nitrogen and oxygen atoms in total. The Labute approximate surface area is 200 Å². The minimum absolute atomic E-state index is 0.124. The van der Waals surface area contributed by atoms with Gasteiger partial charge in [0, 0.05) is 24.3 Å². The number of aliphatic hydroxyl groups is 1. The van der Waals surface area contributed by atoms with Gasteiger partial charge in [0.05, 0.1) is 11.3 Å². The van der Waals surface area contributed by atoms with Gasteiger partial charge in [-0.15, -0.1) is 0 Å². The number of aromatic carboxylic acids is 1. The summed E-state index contributed by atoms with van der Waals surface area (Å²) in [7, 11) is 0. The molecule has 0 aliphatic carbocycles. The molecule has 2 aromatic carbocycles. The number of rotatable bonds is 11. The summed E-state index contributed by atoms with van der Waals surface area (Å²) >= 11 is 0. The number of pyridine rings is 1. The van der Waals surface area contributed by atoms with E-state index in [1.165, 1.54) is 0 Å². The number of ether oxygens (including phenoxy) is 2. The molecule has 0 amide bonds. The highest BCUT2D eigenvalue weighted by atomic mass is 16.5. The van der Waals surface area contributed by atoms with Gasteiger partial charge in [-0.05, 0) is 36.6 Å². The van der Waals surface area contributed by atoms with Crippen molar-refractivity contribution in [1.82, 2.24) is 10.3 Å². The largest absolute Gasteiger partial charge is 0.485 e. The van der Waals surface area contributed by atoms with Gasteiger partial charge < -0.3 is 25.0 Å². The fourth-order valence-electron chi connectivity index (χ4n) is 3.54. The monoisotopic (exact) mass is 464 g/mol. The number of aromatic nitrogens is 1. The van der Waals surface area contributed by atoms with Crippen LogP contribution >= 0.6 is 0 Å². The van der Waals surface area contributed by atoms with Gasteiger partial charge >= 0.3 is 5.97 Å². The van der Waals surface area contributed by atoms with Crippen molar-refractivity contribution >= 4 is 5.97 Å². The fourth-order valence-corrected chi connectivity index (χ4v) is 3.54. The third-order valence-electron chi connectivity index (χ3n) is 5.23. The molecular weight excluding hydrogens is 432 g/mol. The van der Waals surface area contributed by atoms with Crippen molar-refractivity contribution < 1.29 is 24.5 Å². The third-order valence-corrected chi connectivity index (χ3v) is 5.23. The van der Waals surface area contributed by atoms with Crippen molar-refractivity contribution in [2.75, 3.05) is 13.2 Å². The molecule has 1 atom stereocenters. The van der Waals surface area contributed by atoms with Crippen molar-refractivity contribution in [3.8, 4) is 22.6 Å². The van der Waals surface area contributed by atoms with E-state index in [1.54, 1.807) is 18.2 Å². The van der Waals surface area contributed by atoms with Gasteiger partial charge in [0.25, 0.3) is 0 Å². The Morgan fingerprint density at radius 3 is 2.44 bits per heavy atom. The number of hydrogen-bond acceptors (Lipinski definition) is 6. The number of carboxylic acids is 1. The van der Waals surface area contributed by atoms with Crippen LogP contribution in [-0.2, 0) is 6.61 Å². The molecule has 0 saturated carbocycles. The molecule has 0 spiro atoms. The van der Waals surface area contributed by atoms with Crippen molar-refractivity contribution in [1.29, 1.82) is 0 Å². The van der Waals surface area contributed by atoms with Crippen LogP contribution in [0, 0.1) is 13.8 Å². The van der Waals surface area contributed by atoms with E-state index in [-0.39, 0.29) is 18.2 Å². The second-order valence-electron chi connectivity index (χ2n) is 8.54. The normalized spacial score (nSPS) is 11.9. The maximum Gasteiger partial charge on any atom is 0.336 e. The Balaban J connectivity index is 1.70. The molecule has 1 aromatic heterocycles. The van der Waals surface area contributed by atoms with Crippen LogP contribution in [0.2, 0.25) is 0 Å². The number of carbonyl (C=O) groups is 1. The molecule has 3 rings (SSSR count). The van der Waals surface area contributed by atoms with E-state index in [9.17, 15) is 15.0 Å². The fraction of sp³-hybridized carbons (Fsp3) is 0.333. The number of nitrogens with one attached hydrogen (secondary N) is 1. The van der Waals surface area contributed by atoms with Crippen LogP contribution in [0.15, 0.2) is 54.6 Å². The van der Waals surface area contributed by atoms with Gasteiger partial charge in [-0.2, -0.15) is 0 Å². The van der Waals surface area contributed by atoms with Gasteiger partial charge in [0.1, 0.15) is 19.3 Å². The Hall–Kier alpha value is -3.42. The van der Waals surface area contributed by atoms with Crippen LogP contribution < -0.4 is 14.8 Å². The second-order valence-corrected chi connectivity index (χ2v) is 8.54. The van der Waals surface area contributed by atoms with Gasteiger partial charge in [-0.3, -0.25) is 4.98 Å². The van der Waals surface area contributed by atoms with Crippen LogP contribution in [0.5, 0.6) is 11.5 Å². The first-order chi connectivity index (χ1) is 16.2. The number of hydrogen-bond donors (Lipinski definition) is 3. The standard InChI is InChI=1S/C27H32N2O5/c1-17(2)28-14-22(30)16-34-26-19(4)29-18(3)13-25(26)33-15-20-9-11-21(12-10-20)23-7-5-6-8-24(23)27(31)32/h5-13,17,22,28,30H,14-16H2,1-4H3,(H,31,32). The SMILES string of the molecule is Cc1cc(OCc2ccc(-c3ccccc3C(=O)O)cc2)c(OCC(O)CNC(C)C)c(C)n1. The topological polar surface area (TPSA) is 101 Å². The summed E-state index contributed by atoms with van der Waals surface area (Å²) in [6.45, 7) is 8.64. The summed E-state index contributed by atoms with van der Waals surface area (Å²) in [5.41, 5.74) is 4.19. The van der Waals surface area contributed by atoms with Gasteiger partial charge in [-0.1, -0.05) is 56.3 Å². The number of benzene rings is 2. The average Bonchev–Trinajstić information content (AvgIpc) is 2.81. The number of nitrogens with zero attached hydrogens (tertiary/aromatic N) is 1. The molecule has 1 heterocycles. The highest BCUT2D eigenvalue weighted by molar-refractivity contribution is 5.95. The van der Waals surface area contributed by atoms with Gasteiger partial charge in [0.15, 0.2) is 11.5 Å². The predicted octanol–water partition coefficient (Wildman–Crippen LogP) is 4.38. The smallest absolute Gasteiger partial charge is 0.336 e. The lowest BCUT2D eigenvalue weighted by Crippen LogP contribution is -2.35. The van der Waals surface area contributed by atoms with E-state index < -0.39 is 12.1 Å². The minimum atomic E-state index is -0.955. The Morgan fingerprint density at radius 1 is 1.06 bits per heavy atom. The molecule has 0 radical (unpaired) electrons. The van der Waals surface area contributed by atoms with E-state index in [2.05, 4.69) is 10.3 Å². The van der Waals surface area contributed by atoms with Crippen LogP contribution in [0.4, 0.5) is 0 Å². The summed E-state index contributed by atoms with van der Waals surface area (Å²) in [5, 5.41) is 22.8. The van der Waals surface area contributed by atoms with Crippen LogP contribution in [0.3, 0.4) is 0 Å². The summed E-state index contributed by atoms with van der Waals surface area (Å²) in [5.74, 6) is 0.125. The highest BCUT2D eigenvalue weighted by Crippen LogP contribution is 2.32.